The second kappa shape index (κ2) is 14.0. The molecule has 3 atom stereocenters. The summed E-state index contributed by atoms with van der Waals surface area (Å²) in [7, 11) is 0. The molecule has 2 unspecified atom stereocenters. The highest BCUT2D eigenvalue weighted by atomic mass is 14.9. The van der Waals surface area contributed by atoms with Gasteiger partial charge in [-0.2, -0.15) is 0 Å². The summed E-state index contributed by atoms with van der Waals surface area (Å²) in [5.41, 5.74) is 8.91. The third kappa shape index (κ3) is 7.56. The van der Waals surface area contributed by atoms with E-state index >= 15 is 0 Å². The molecule has 1 aliphatic rings. The average Bonchev–Trinajstić information content (AvgIpc) is 3.12. The van der Waals surface area contributed by atoms with Gasteiger partial charge in [-0.05, 0) is 113 Å². The molecule has 0 bridgehead atoms. The standard InChI is InChI=1S/C34H46N2/c1-7-11-33-32(23-24-35-34(33)12-8-2)29-14-10-13-28(18-19-29)31(22-15-25(4)5)26(6)36-30-20-16-27(9-3)17-21-30/h7-8,11-12,15-17,20-21,23-24,28-29,31,36H,6,9-10,13-14,18-19,22H2,1-5H3/b11-7-,12-8-/t28?,29?,31-/m0/s1. The van der Waals surface area contributed by atoms with Crippen molar-refractivity contribution in [3.05, 3.63) is 95.0 Å². The minimum atomic E-state index is 0.440. The van der Waals surface area contributed by atoms with Crippen LogP contribution in [-0.4, -0.2) is 4.98 Å². The minimum absolute atomic E-state index is 0.440. The topological polar surface area (TPSA) is 24.9 Å². The molecule has 0 radical (unpaired) electrons. The molecule has 3 rings (SSSR count). The fourth-order valence-corrected chi connectivity index (χ4v) is 5.63. The maximum absolute atomic E-state index is 4.66. The molecular weight excluding hydrogens is 436 g/mol. The number of hydrogen-bond donors (Lipinski definition) is 1. The van der Waals surface area contributed by atoms with Crippen molar-refractivity contribution >= 4 is 17.8 Å². The molecule has 0 aliphatic heterocycles. The van der Waals surface area contributed by atoms with Gasteiger partial charge in [0.25, 0.3) is 0 Å². The van der Waals surface area contributed by atoms with Crippen molar-refractivity contribution in [2.24, 2.45) is 11.8 Å². The molecule has 2 aromatic rings. The summed E-state index contributed by atoms with van der Waals surface area (Å²) in [6.45, 7) is 15.3. The van der Waals surface area contributed by atoms with Crippen LogP contribution in [0.5, 0.6) is 0 Å². The van der Waals surface area contributed by atoms with E-state index in [1.165, 1.54) is 54.4 Å². The van der Waals surface area contributed by atoms with Crippen LogP contribution in [0.1, 0.15) is 101 Å². The van der Waals surface area contributed by atoms with Gasteiger partial charge in [-0.15, -0.1) is 0 Å². The average molecular weight is 483 g/mol. The number of nitrogens with zero attached hydrogens (tertiary/aromatic N) is 1. The number of aromatic nitrogens is 1. The Balaban J connectivity index is 1.79. The van der Waals surface area contributed by atoms with Crippen LogP contribution in [0.15, 0.2) is 72.6 Å². The lowest BCUT2D eigenvalue weighted by Crippen LogP contribution is -2.20. The number of rotatable bonds is 10. The van der Waals surface area contributed by atoms with E-state index in [1.807, 2.05) is 6.20 Å². The van der Waals surface area contributed by atoms with Gasteiger partial charge in [0.05, 0.1) is 5.69 Å². The van der Waals surface area contributed by atoms with Crippen molar-refractivity contribution in [2.75, 3.05) is 5.32 Å². The van der Waals surface area contributed by atoms with Crippen molar-refractivity contribution in [1.82, 2.24) is 4.98 Å². The first-order valence-corrected chi connectivity index (χ1v) is 13.9. The number of nitrogens with one attached hydrogen (secondary N) is 1. The summed E-state index contributed by atoms with van der Waals surface area (Å²) in [5, 5.41) is 3.68. The highest BCUT2D eigenvalue weighted by molar-refractivity contribution is 5.65. The maximum atomic E-state index is 4.66. The summed E-state index contributed by atoms with van der Waals surface area (Å²) in [4.78, 5) is 4.66. The molecule has 2 nitrogen and oxygen atoms in total. The lowest BCUT2D eigenvalue weighted by Gasteiger charge is -2.28. The first-order valence-electron chi connectivity index (χ1n) is 13.9. The Morgan fingerprint density at radius 2 is 1.78 bits per heavy atom. The zero-order chi connectivity index (χ0) is 25.9. The molecule has 2 heteroatoms. The predicted octanol–water partition coefficient (Wildman–Crippen LogP) is 9.97. The Hall–Kier alpha value is -2.87. The van der Waals surface area contributed by atoms with Crippen LogP contribution in [0.2, 0.25) is 0 Å². The number of anilines is 1. The molecule has 1 aliphatic carbocycles. The SMILES string of the molecule is C=C(Nc1ccc(CC)cc1)[C@H](CC=C(C)C)C1CCCC(c2ccnc(/C=C\C)c2/C=C\C)CC1. The zero-order valence-electron chi connectivity index (χ0n) is 23.2. The van der Waals surface area contributed by atoms with Crippen molar-refractivity contribution in [3.63, 3.8) is 0 Å². The normalized spacial score (nSPS) is 19.2. The number of benzene rings is 1. The second-order valence-corrected chi connectivity index (χ2v) is 10.5. The molecule has 1 heterocycles. The van der Waals surface area contributed by atoms with Crippen LogP contribution in [0.25, 0.3) is 12.2 Å². The Morgan fingerprint density at radius 1 is 1.03 bits per heavy atom. The van der Waals surface area contributed by atoms with Crippen LogP contribution in [0, 0.1) is 11.8 Å². The fraction of sp³-hybridized carbons (Fsp3) is 0.441. The van der Waals surface area contributed by atoms with Gasteiger partial charge in [0.1, 0.15) is 0 Å². The summed E-state index contributed by atoms with van der Waals surface area (Å²) < 4.78 is 0. The van der Waals surface area contributed by atoms with Crippen LogP contribution in [0.3, 0.4) is 0 Å². The Labute approximate surface area is 220 Å². The van der Waals surface area contributed by atoms with E-state index in [0.717, 1.165) is 29.9 Å². The molecule has 0 amide bonds. The van der Waals surface area contributed by atoms with Crippen LogP contribution < -0.4 is 5.32 Å². The Morgan fingerprint density at radius 3 is 2.44 bits per heavy atom. The van der Waals surface area contributed by atoms with Gasteiger partial charge in [-0.25, -0.2) is 0 Å². The largest absolute Gasteiger partial charge is 0.359 e. The molecule has 1 fully saturated rings. The molecule has 1 aromatic carbocycles. The maximum Gasteiger partial charge on any atom is 0.0701 e. The molecule has 1 saturated carbocycles. The molecule has 36 heavy (non-hydrogen) atoms. The van der Waals surface area contributed by atoms with Gasteiger partial charge in [0.2, 0.25) is 0 Å². The van der Waals surface area contributed by atoms with Crippen LogP contribution in [0.4, 0.5) is 5.69 Å². The first kappa shape index (κ1) is 27.7. The van der Waals surface area contributed by atoms with E-state index in [1.54, 1.807) is 0 Å². The van der Waals surface area contributed by atoms with Crippen LogP contribution >= 0.6 is 0 Å². The third-order valence-electron chi connectivity index (χ3n) is 7.63. The number of pyridine rings is 1. The monoisotopic (exact) mass is 482 g/mol. The molecular formula is C34H46N2. The van der Waals surface area contributed by atoms with Gasteiger partial charge in [-0.3, -0.25) is 4.98 Å². The van der Waals surface area contributed by atoms with E-state index < -0.39 is 0 Å². The highest BCUT2D eigenvalue weighted by Crippen LogP contribution is 2.41. The van der Waals surface area contributed by atoms with Crippen molar-refractivity contribution in [2.45, 2.75) is 85.5 Å². The molecule has 1 aromatic heterocycles. The quantitative estimate of drug-likeness (QED) is 0.269. The lowest BCUT2D eigenvalue weighted by atomic mass is 9.81. The molecule has 1 N–H and O–H groups in total. The first-order chi connectivity index (χ1) is 17.5. The van der Waals surface area contributed by atoms with Crippen molar-refractivity contribution in [1.29, 1.82) is 0 Å². The van der Waals surface area contributed by atoms with Gasteiger partial charge < -0.3 is 5.32 Å². The number of hydrogen-bond acceptors (Lipinski definition) is 2. The highest BCUT2D eigenvalue weighted by Gasteiger charge is 2.28. The Bertz CT molecular complexity index is 1070. The summed E-state index contributed by atoms with van der Waals surface area (Å²) in [5.74, 6) is 1.66. The predicted molar refractivity (Wildman–Crippen MR) is 159 cm³/mol. The Kier molecular flexibility index (Phi) is 10.8. The molecule has 0 spiro atoms. The third-order valence-corrected chi connectivity index (χ3v) is 7.63. The van der Waals surface area contributed by atoms with E-state index in [9.17, 15) is 0 Å². The summed E-state index contributed by atoms with van der Waals surface area (Å²) in [6, 6.07) is 11.1. The zero-order valence-corrected chi connectivity index (χ0v) is 23.2. The smallest absolute Gasteiger partial charge is 0.0701 e. The second-order valence-electron chi connectivity index (χ2n) is 10.5. The van der Waals surface area contributed by atoms with E-state index in [2.05, 4.69) is 112 Å². The van der Waals surface area contributed by atoms with Gasteiger partial charge in [0.15, 0.2) is 0 Å². The van der Waals surface area contributed by atoms with E-state index in [0.29, 0.717) is 17.8 Å². The van der Waals surface area contributed by atoms with Gasteiger partial charge in [0, 0.05) is 29.1 Å². The molecule has 192 valence electrons. The van der Waals surface area contributed by atoms with Crippen LogP contribution in [-0.2, 0) is 6.42 Å². The van der Waals surface area contributed by atoms with Gasteiger partial charge in [-0.1, -0.05) is 61.9 Å². The minimum Gasteiger partial charge on any atom is -0.359 e. The number of allylic oxidation sites excluding steroid dienone is 5. The summed E-state index contributed by atoms with van der Waals surface area (Å²) in [6.07, 6.45) is 21.3. The lowest BCUT2D eigenvalue weighted by molar-refractivity contribution is 0.339. The fourth-order valence-electron chi connectivity index (χ4n) is 5.63. The van der Waals surface area contributed by atoms with E-state index in [4.69, 9.17) is 0 Å². The molecule has 0 saturated heterocycles. The van der Waals surface area contributed by atoms with Crippen molar-refractivity contribution < 1.29 is 0 Å². The summed E-state index contributed by atoms with van der Waals surface area (Å²) >= 11 is 0. The van der Waals surface area contributed by atoms with E-state index in [-0.39, 0.29) is 0 Å². The van der Waals surface area contributed by atoms with Crippen molar-refractivity contribution in [3.8, 4) is 0 Å². The van der Waals surface area contributed by atoms with Gasteiger partial charge >= 0.3 is 0 Å². The number of aryl methyl sites for hydroxylation is 1.